The molecule has 1 aliphatic rings. The van der Waals surface area contributed by atoms with Crippen LogP contribution < -0.4 is 0 Å². The van der Waals surface area contributed by atoms with E-state index in [1.807, 2.05) is 30.8 Å². The lowest BCUT2D eigenvalue weighted by Gasteiger charge is -2.32. The van der Waals surface area contributed by atoms with Gasteiger partial charge < -0.3 is 9.47 Å². The van der Waals surface area contributed by atoms with Crippen LogP contribution in [0.2, 0.25) is 0 Å². The third-order valence-electron chi connectivity index (χ3n) is 2.54. The molecule has 1 saturated heterocycles. The highest BCUT2D eigenvalue weighted by molar-refractivity contribution is 7.13. The quantitative estimate of drug-likeness (QED) is 0.804. The van der Waals surface area contributed by atoms with E-state index in [1.165, 1.54) is 4.88 Å². The average Bonchev–Trinajstić information content (AvgIpc) is 2.81. The predicted molar refractivity (Wildman–Crippen MR) is 60.9 cm³/mol. The Balaban J connectivity index is 1.91. The summed E-state index contributed by atoms with van der Waals surface area (Å²) in [7, 11) is 1.93. The minimum Gasteiger partial charge on any atom is -0.318 e. The van der Waals surface area contributed by atoms with E-state index in [4.69, 9.17) is 9.47 Å². The van der Waals surface area contributed by atoms with Crippen LogP contribution in [0.4, 0.5) is 0 Å². The molecular formula is C11H12N2O2S. The van der Waals surface area contributed by atoms with E-state index >= 15 is 0 Å². The normalized spacial score (nSPS) is 24.4. The summed E-state index contributed by atoms with van der Waals surface area (Å²) in [5.74, 6) is 0. The first kappa shape index (κ1) is 10.0. The van der Waals surface area contributed by atoms with Crippen LogP contribution in [0.25, 0.3) is 10.6 Å². The molecule has 0 bridgehead atoms. The number of nitrogens with zero attached hydrogens (tertiary/aromatic N) is 2. The zero-order chi connectivity index (χ0) is 11.1. The number of aryl methyl sites for hydroxylation is 1. The van der Waals surface area contributed by atoms with Gasteiger partial charge in [0.15, 0.2) is 6.29 Å². The molecular weight excluding hydrogens is 224 g/mol. The molecule has 5 heteroatoms. The fraction of sp³-hybridized carbons (Fsp3) is 0.364. The summed E-state index contributed by atoms with van der Waals surface area (Å²) in [6, 6.07) is 6.13. The topological polar surface area (TPSA) is 36.3 Å². The molecule has 0 atom stereocenters. The summed E-state index contributed by atoms with van der Waals surface area (Å²) in [5.41, 5.74) is 1.93. The van der Waals surface area contributed by atoms with Crippen molar-refractivity contribution in [3.05, 3.63) is 29.3 Å². The van der Waals surface area contributed by atoms with Crippen LogP contribution in [-0.2, 0) is 16.5 Å². The monoisotopic (exact) mass is 236 g/mol. The summed E-state index contributed by atoms with van der Waals surface area (Å²) in [6.07, 6.45) is -0.410. The van der Waals surface area contributed by atoms with Crippen molar-refractivity contribution < 1.29 is 9.47 Å². The third-order valence-corrected chi connectivity index (χ3v) is 3.44. The molecule has 4 nitrogen and oxygen atoms in total. The molecule has 3 rings (SSSR count). The van der Waals surface area contributed by atoms with Crippen molar-refractivity contribution in [1.82, 2.24) is 9.78 Å². The van der Waals surface area contributed by atoms with E-state index in [1.54, 1.807) is 11.3 Å². The molecule has 3 heterocycles. The molecule has 0 radical (unpaired) electrons. The fourth-order valence-electron chi connectivity index (χ4n) is 1.76. The Hall–Kier alpha value is -1.17. The van der Waals surface area contributed by atoms with E-state index < -0.39 is 0 Å². The first-order valence-corrected chi connectivity index (χ1v) is 6.01. The van der Waals surface area contributed by atoms with Gasteiger partial charge in [0.05, 0.1) is 10.6 Å². The Kier molecular flexibility index (Phi) is 2.31. The van der Waals surface area contributed by atoms with Crippen molar-refractivity contribution in [2.75, 3.05) is 0 Å². The molecule has 0 spiro atoms. The minimum absolute atomic E-state index is 0.114. The van der Waals surface area contributed by atoms with Gasteiger partial charge in [-0.1, -0.05) is 6.07 Å². The summed E-state index contributed by atoms with van der Waals surface area (Å²) in [4.78, 5) is 1.20. The van der Waals surface area contributed by atoms with Crippen LogP contribution >= 0.6 is 11.3 Å². The number of hydrogen-bond donors (Lipinski definition) is 0. The van der Waals surface area contributed by atoms with Crippen LogP contribution in [0.15, 0.2) is 23.6 Å². The highest BCUT2D eigenvalue weighted by atomic mass is 32.1. The third kappa shape index (κ3) is 1.57. The van der Waals surface area contributed by atoms with E-state index in [0.717, 1.165) is 11.4 Å². The molecule has 0 aliphatic carbocycles. The summed E-state index contributed by atoms with van der Waals surface area (Å²) in [6.45, 7) is 1.87. The van der Waals surface area contributed by atoms with Crippen LogP contribution in [0.1, 0.15) is 18.9 Å². The van der Waals surface area contributed by atoms with Crippen molar-refractivity contribution in [2.24, 2.45) is 7.05 Å². The Morgan fingerprint density at radius 3 is 2.88 bits per heavy atom. The van der Waals surface area contributed by atoms with Gasteiger partial charge in [0.2, 0.25) is 6.29 Å². The Morgan fingerprint density at radius 2 is 2.25 bits per heavy atom. The zero-order valence-corrected chi connectivity index (χ0v) is 9.90. The van der Waals surface area contributed by atoms with Gasteiger partial charge in [-0.25, -0.2) is 0 Å². The average molecular weight is 236 g/mol. The van der Waals surface area contributed by atoms with Gasteiger partial charge in [-0.3, -0.25) is 4.68 Å². The molecule has 2 aromatic heterocycles. The van der Waals surface area contributed by atoms with Crippen LogP contribution in [0, 0.1) is 0 Å². The molecule has 0 amide bonds. The van der Waals surface area contributed by atoms with Crippen molar-refractivity contribution in [2.45, 2.75) is 19.5 Å². The SMILES string of the molecule is CC1OC(c2cc(-c3cccs3)n(C)n2)O1. The maximum absolute atomic E-state index is 5.42. The predicted octanol–water partition coefficient (Wildman–Crippen LogP) is 2.54. The Labute approximate surface area is 97.4 Å². The molecule has 0 aromatic carbocycles. The van der Waals surface area contributed by atoms with Crippen LogP contribution in [0.5, 0.6) is 0 Å². The van der Waals surface area contributed by atoms with Gasteiger partial charge >= 0.3 is 0 Å². The van der Waals surface area contributed by atoms with Gasteiger partial charge in [0.25, 0.3) is 0 Å². The lowest BCUT2D eigenvalue weighted by molar-refractivity contribution is -0.384. The van der Waals surface area contributed by atoms with E-state index in [9.17, 15) is 0 Å². The highest BCUT2D eigenvalue weighted by Crippen LogP contribution is 2.33. The number of rotatable bonds is 2. The maximum atomic E-state index is 5.42. The molecule has 0 N–H and O–H groups in total. The molecule has 0 saturated carbocycles. The first-order valence-electron chi connectivity index (χ1n) is 5.13. The second-order valence-corrected chi connectivity index (χ2v) is 4.67. The number of hydrogen-bond acceptors (Lipinski definition) is 4. The molecule has 0 unspecified atom stereocenters. The fourth-order valence-corrected chi connectivity index (χ4v) is 2.53. The molecule has 1 fully saturated rings. The minimum atomic E-state index is -0.296. The van der Waals surface area contributed by atoms with Gasteiger partial charge in [-0.2, -0.15) is 5.10 Å². The van der Waals surface area contributed by atoms with Crippen LogP contribution in [-0.4, -0.2) is 16.1 Å². The largest absolute Gasteiger partial charge is 0.318 e. The molecule has 2 aromatic rings. The highest BCUT2D eigenvalue weighted by Gasteiger charge is 2.31. The van der Waals surface area contributed by atoms with Gasteiger partial charge in [0, 0.05) is 7.05 Å². The zero-order valence-electron chi connectivity index (χ0n) is 9.08. The standard InChI is InChI=1S/C11H12N2O2S/c1-7-14-11(15-7)8-6-9(13(2)12-8)10-4-3-5-16-10/h3-7,11H,1-2H3. The van der Waals surface area contributed by atoms with E-state index in [0.29, 0.717) is 0 Å². The lowest BCUT2D eigenvalue weighted by atomic mass is 10.3. The summed E-state index contributed by atoms with van der Waals surface area (Å²) < 4.78 is 12.7. The molecule has 1 aliphatic heterocycles. The summed E-state index contributed by atoms with van der Waals surface area (Å²) >= 11 is 1.70. The van der Waals surface area contributed by atoms with Crippen molar-refractivity contribution in [3.63, 3.8) is 0 Å². The number of thiophene rings is 1. The van der Waals surface area contributed by atoms with Gasteiger partial charge in [-0.05, 0) is 24.4 Å². The first-order chi connectivity index (χ1) is 7.74. The smallest absolute Gasteiger partial charge is 0.208 e. The van der Waals surface area contributed by atoms with E-state index in [-0.39, 0.29) is 12.6 Å². The maximum Gasteiger partial charge on any atom is 0.208 e. The van der Waals surface area contributed by atoms with Crippen LogP contribution in [0.3, 0.4) is 0 Å². The van der Waals surface area contributed by atoms with Crippen molar-refractivity contribution in [1.29, 1.82) is 0 Å². The van der Waals surface area contributed by atoms with Crippen molar-refractivity contribution in [3.8, 4) is 10.6 Å². The second kappa shape index (κ2) is 3.69. The number of ether oxygens (including phenoxy) is 2. The molecule has 16 heavy (non-hydrogen) atoms. The summed E-state index contributed by atoms with van der Waals surface area (Å²) in [5, 5.41) is 6.45. The van der Waals surface area contributed by atoms with E-state index in [2.05, 4.69) is 16.5 Å². The Bertz CT molecular complexity index is 486. The van der Waals surface area contributed by atoms with Gasteiger partial charge in [-0.15, -0.1) is 11.3 Å². The Morgan fingerprint density at radius 1 is 1.44 bits per heavy atom. The van der Waals surface area contributed by atoms with Crippen molar-refractivity contribution >= 4 is 11.3 Å². The number of aromatic nitrogens is 2. The van der Waals surface area contributed by atoms with Gasteiger partial charge in [0.1, 0.15) is 5.69 Å². The molecule has 84 valence electrons. The lowest BCUT2D eigenvalue weighted by Crippen LogP contribution is -2.31. The second-order valence-electron chi connectivity index (χ2n) is 3.73.